The molecule has 0 aliphatic heterocycles. The van der Waals surface area contributed by atoms with Crippen LogP contribution in [0.4, 0.5) is 8.78 Å². The van der Waals surface area contributed by atoms with Crippen molar-refractivity contribution in [3.63, 3.8) is 0 Å². The molecule has 1 aromatic rings. The van der Waals surface area contributed by atoms with Gasteiger partial charge in [-0.05, 0) is 25.0 Å². The first kappa shape index (κ1) is 13.3. The number of benzene rings is 1. The largest absolute Gasteiger partial charge is 0.481 e. The Labute approximate surface area is 107 Å². The number of halogens is 2. The van der Waals surface area contributed by atoms with Crippen molar-refractivity contribution in [3.8, 4) is 5.75 Å². The number of ether oxygens (including phenoxy) is 1. The SMILES string of the molecule is O=C(COc1ccc(F)cc1F)NNC(=O)C1CC1. The Balaban J connectivity index is 1.74. The fraction of sp³-hybridized carbons (Fsp3) is 0.333. The van der Waals surface area contributed by atoms with Gasteiger partial charge in [-0.25, -0.2) is 8.78 Å². The molecule has 1 saturated carbocycles. The second-order valence-corrected chi connectivity index (χ2v) is 4.18. The van der Waals surface area contributed by atoms with E-state index in [0.717, 1.165) is 25.0 Å². The van der Waals surface area contributed by atoms with Crippen LogP contribution in [0.5, 0.6) is 5.75 Å². The quantitative estimate of drug-likeness (QED) is 0.799. The summed E-state index contributed by atoms with van der Waals surface area (Å²) in [7, 11) is 0. The number of amides is 2. The van der Waals surface area contributed by atoms with Gasteiger partial charge in [0.15, 0.2) is 18.2 Å². The minimum Gasteiger partial charge on any atom is -0.481 e. The summed E-state index contributed by atoms with van der Waals surface area (Å²) in [5.74, 6) is -2.76. The van der Waals surface area contributed by atoms with Crippen molar-refractivity contribution in [2.75, 3.05) is 6.61 Å². The fourth-order valence-electron chi connectivity index (χ4n) is 1.35. The average molecular weight is 270 g/mol. The lowest BCUT2D eigenvalue weighted by molar-refractivity contribution is -0.130. The molecule has 1 fully saturated rings. The predicted molar refractivity (Wildman–Crippen MR) is 60.9 cm³/mol. The van der Waals surface area contributed by atoms with Crippen LogP contribution in [0, 0.1) is 17.6 Å². The third-order valence-corrected chi connectivity index (χ3v) is 2.53. The molecule has 1 aromatic carbocycles. The Bertz CT molecular complexity index is 504. The highest BCUT2D eigenvalue weighted by atomic mass is 19.1. The van der Waals surface area contributed by atoms with Crippen molar-refractivity contribution in [2.24, 2.45) is 5.92 Å². The number of nitrogens with one attached hydrogen (secondary N) is 2. The van der Waals surface area contributed by atoms with Crippen LogP contribution in [0.25, 0.3) is 0 Å². The van der Waals surface area contributed by atoms with E-state index in [1.807, 2.05) is 0 Å². The molecular formula is C12H12F2N2O3. The normalized spacial score (nSPS) is 13.8. The molecule has 2 N–H and O–H groups in total. The van der Waals surface area contributed by atoms with E-state index in [1.54, 1.807) is 0 Å². The second kappa shape index (κ2) is 5.64. The van der Waals surface area contributed by atoms with Gasteiger partial charge in [-0.1, -0.05) is 0 Å². The number of hydrogen-bond donors (Lipinski definition) is 2. The van der Waals surface area contributed by atoms with Gasteiger partial charge in [-0.2, -0.15) is 0 Å². The predicted octanol–water partition coefficient (Wildman–Crippen LogP) is 0.901. The minimum absolute atomic E-state index is 0.0317. The summed E-state index contributed by atoms with van der Waals surface area (Å²) in [6.07, 6.45) is 1.64. The van der Waals surface area contributed by atoms with Gasteiger partial charge in [0.1, 0.15) is 5.82 Å². The van der Waals surface area contributed by atoms with Crippen molar-refractivity contribution in [1.82, 2.24) is 10.9 Å². The van der Waals surface area contributed by atoms with Gasteiger partial charge in [0.05, 0.1) is 0 Å². The molecule has 1 aliphatic rings. The molecule has 2 amide bonds. The highest BCUT2D eigenvalue weighted by Gasteiger charge is 2.29. The monoisotopic (exact) mass is 270 g/mol. The van der Waals surface area contributed by atoms with Gasteiger partial charge in [-0.15, -0.1) is 0 Å². The standard InChI is InChI=1S/C12H12F2N2O3/c13-8-3-4-10(9(14)5-8)19-6-11(17)15-16-12(18)7-1-2-7/h3-5,7H,1-2,6H2,(H,15,17)(H,16,18). The summed E-state index contributed by atoms with van der Waals surface area (Å²) in [6.45, 7) is -0.479. The molecule has 0 radical (unpaired) electrons. The van der Waals surface area contributed by atoms with Crippen LogP contribution < -0.4 is 15.6 Å². The summed E-state index contributed by atoms with van der Waals surface area (Å²) in [5.41, 5.74) is 4.38. The molecule has 0 saturated heterocycles. The van der Waals surface area contributed by atoms with E-state index < -0.39 is 24.1 Å². The topological polar surface area (TPSA) is 67.4 Å². The van der Waals surface area contributed by atoms with Crippen LogP contribution in [-0.2, 0) is 9.59 Å². The molecule has 0 bridgehead atoms. The zero-order chi connectivity index (χ0) is 13.8. The minimum atomic E-state index is -0.894. The van der Waals surface area contributed by atoms with Crippen LogP contribution in [-0.4, -0.2) is 18.4 Å². The molecule has 7 heteroatoms. The molecule has 2 rings (SSSR count). The second-order valence-electron chi connectivity index (χ2n) is 4.18. The molecule has 0 heterocycles. The van der Waals surface area contributed by atoms with E-state index in [1.165, 1.54) is 0 Å². The summed E-state index contributed by atoms with van der Waals surface area (Å²) < 4.78 is 30.6. The molecule has 0 aromatic heterocycles. The lowest BCUT2D eigenvalue weighted by Crippen LogP contribution is -2.44. The number of carbonyl (C=O) groups is 2. The summed E-state index contributed by atoms with van der Waals surface area (Å²) in [4.78, 5) is 22.5. The highest BCUT2D eigenvalue weighted by molar-refractivity contribution is 5.85. The zero-order valence-corrected chi connectivity index (χ0v) is 9.91. The van der Waals surface area contributed by atoms with Gasteiger partial charge in [0.25, 0.3) is 5.91 Å². The van der Waals surface area contributed by atoms with E-state index in [-0.39, 0.29) is 17.6 Å². The summed E-state index contributed by atoms with van der Waals surface area (Å²) in [5, 5.41) is 0. The van der Waals surface area contributed by atoms with Crippen LogP contribution in [0.15, 0.2) is 18.2 Å². The van der Waals surface area contributed by atoms with Crippen molar-refractivity contribution in [2.45, 2.75) is 12.8 Å². The smallest absolute Gasteiger partial charge is 0.276 e. The van der Waals surface area contributed by atoms with Gasteiger partial charge in [-0.3, -0.25) is 20.4 Å². The molecule has 0 unspecified atom stereocenters. The third kappa shape index (κ3) is 3.90. The average Bonchev–Trinajstić information content (AvgIpc) is 3.19. The summed E-state index contributed by atoms with van der Waals surface area (Å²) >= 11 is 0. The fourth-order valence-corrected chi connectivity index (χ4v) is 1.35. The molecule has 102 valence electrons. The Morgan fingerprint density at radius 2 is 2.00 bits per heavy atom. The Hall–Kier alpha value is -2.18. The lowest BCUT2D eigenvalue weighted by Gasteiger charge is -2.08. The molecule has 1 aliphatic carbocycles. The van der Waals surface area contributed by atoms with Gasteiger partial charge in [0, 0.05) is 12.0 Å². The first-order valence-corrected chi connectivity index (χ1v) is 5.73. The van der Waals surface area contributed by atoms with Crippen molar-refractivity contribution >= 4 is 11.8 Å². The van der Waals surface area contributed by atoms with Crippen LogP contribution in [0.3, 0.4) is 0 Å². The van der Waals surface area contributed by atoms with Crippen LogP contribution >= 0.6 is 0 Å². The Kier molecular flexibility index (Phi) is 3.94. The van der Waals surface area contributed by atoms with E-state index >= 15 is 0 Å². The third-order valence-electron chi connectivity index (χ3n) is 2.53. The molecule has 19 heavy (non-hydrogen) atoms. The maximum atomic E-state index is 13.2. The maximum Gasteiger partial charge on any atom is 0.276 e. The van der Waals surface area contributed by atoms with Gasteiger partial charge >= 0.3 is 0 Å². The van der Waals surface area contributed by atoms with Crippen LogP contribution in [0.2, 0.25) is 0 Å². The van der Waals surface area contributed by atoms with E-state index in [0.29, 0.717) is 6.07 Å². The van der Waals surface area contributed by atoms with Crippen LogP contribution in [0.1, 0.15) is 12.8 Å². The van der Waals surface area contributed by atoms with Gasteiger partial charge in [0.2, 0.25) is 5.91 Å². The molecule has 0 spiro atoms. The lowest BCUT2D eigenvalue weighted by atomic mass is 10.3. The van der Waals surface area contributed by atoms with E-state index in [4.69, 9.17) is 4.74 Å². The number of hydrazine groups is 1. The van der Waals surface area contributed by atoms with Crippen molar-refractivity contribution < 1.29 is 23.1 Å². The number of rotatable bonds is 4. The molecular weight excluding hydrogens is 258 g/mol. The zero-order valence-electron chi connectivity index (χ0n) is 9.91. The molecule has 0 atom stereocenters. The Morgan fingerprint density at radius 3 is 2.63 bits per heavy atom. The number of carbonyl (C=O) groups excluding carboxylic acids is 2. The van der Waals surface area contributed by atoms with Crippen molar-refractivity contribution in [3.05, 3.63) is 29.8 Å². The molecule has 5 nitrogen and oxygen atoms in total. The van der Waals surface area contributed by atoms with Crippen molar-refractivity contribution in [1.29, 1.82) is 0 Å². The first-order chi connectivity index (χ1) is 9.06. The van der Waals surface area contributed by atoms with Gasteiger partial charge < -0.3 is 4.74 Å². The first-order valence-electron chi connectivity index (χ1n) is 5.73. The van der Waals surface area contributed by atoms with E-state index in [9.17, 15) is 18.4 Å². The Morgan fingerprint density at radius 1 is 1.26 bits per heavy atom. The maximum absolute atomic E-state index is 13.2. The van der Waals surface area contributed by atoms with E-state index in [2.05, 4.69) is 10.9 Å². The number of hydrogen-bond acceptors (Lipinski definition) is 3. The highest BCUT2D eigenvalue weighted by Crippen LogP contribution is 2.28. The summed E-state index contributed by atoms with van der Waals surface area (Å²) in [6, 6.07) is 2.76.